The van der Waals surface area contributed by atoms with E-state index in [1.165, 1.54) is 0 Å². The molecule has 0 atom stereocenters. The molecule has 25 heavy (non-hydrogen) atoms. The Labute approximate surface area is 141 Å². The van der Waals surface area contributed by atoms with Crippen LogP contribution in [0.2, 0.25) is 0 Å². The van der Waals surface area contributed by atoms with Crippen molar-refractivity contribution in [3.05, 3.63) is 41.2 Å². The summed E-state index contributed by atoms with van der Waals surface area (Å²) >= 11 is 0. The smallest absolute Gasteiger partial charge is 0.347 e. The first-order valence-electron chi connectivity index (χ1n) is 7.83. The molecule has 8 heteroatoms. The van der Waals surface area contributed by atoms with Gasteiger partial charge in [-0.1, -0.05) is 12.1 Å². The van der Waals surface area contributed by atoms with Crippen molar-refractivity contribution in [3.8, 4) is 0 Å². The number of alkyl halides is 3. The molecule has 3 aromatic rings. The average molecular weight is 350 g/mol. The summed E-state index contributed by atoms with van der Waals surface area (Å²) in [5, 5.41) is 7.33. The van der Waals surface area contributed by atoms with Crippen molar-refractivity contribution < 1.29 is 18.0 Å². The van der Waals surface area contributed by atoms with Gasteiger partial charge in [0.1, 0.15) is 6.54 Å². The van der Waals surface area contributed by atoms with Gasteiger partial charge in [0.25, 0.3) is 0 Å². The summed E-state index contributed by atoms with van der Waals surface area (Å²) in [6, 6.07) is 7.63. The van der Waals surface area contributed by atoms with Crippen molar-refractivity contribution in [2.24, 2.45) is 0 Å². The van der Waals surface area contributed by atoms with Gasteiger partial charge < -0.3 is 5.32 Å². The Balaban J connectivity index is 1.84. The number of benzene rings is 1. The molecule has 0 unspecified atom stereocenters. The third kappa shape index (κ3) is 3.57. The molecule has 0 aliphatic rings. The van der Waals surface area contributed by atoms with E-state index in [0.717, 1.165) is 33.5 Å². The molecule has 3 rings (SSSR count). The third-order valence-corrected chi connectivity index (χ3v) is 4.11. The lowest BCUT2D eigenvalue weighted by Crippen LogP contribution is -2.33. The topological polar surface area (TPSA) is 59.3 Å². The summed E-state index contributed by atoms with van der Waals surface area (Å²) < 4.78 is 38.2. The highest BCUT2D eigenvalue weighted by molar-refractivity contribution is 5.92. The summed E-state index contributed by atoms with van der Waals surface area (Å²) in [6.45, 7) is 2.39. The molecule has 1 amide bonds. The molecule has 132 valence electrons. The number of amides is 1. The molecule has 5 nitrogen and oxygen atoms in total. The van der Waals surface area contributed by atoms with Gasteiger partial charge >= 0.3 is 6.18 Å². The normalized spacial score (nSPS) is 12.0. The molecular formula is C17H17F3N4O. The fourth-order valence-electron chi connectivity index (χ4n) is 2.86. The molecule has 1 aromatic carbocycles. The van der Waals surface area contributed by atoms with E-state index in [1.807, 2.05) is 43.4 Å². The fraction of sp³-hybridized carbons (Fsp3) is 0.353. The van der Waals surface area contributed by atoms with Gasteiger partial charge in [-0.2, -0.15) is 18.3 Å². The van der Waals surface area contributed by atoms with Gasteiger partial charge in [-0.3, -0.25) is 4.79 Å². The molecule has 2 heterocycles. The Morgan fingerprint density at radius 1 is 1.24 bits per heavy atom. The highest BCUT2D eigenvalue weighted by Crippen LogP contribution is 2.23. The largest absolute Gasteiger partial charge is 0.405 e. The van der Waals surface area contributed by atoms with Crippen LogP contribution in [-0.4, -0.2) is 33.2 Å². The summed E-state index contributed by atoms with van der Waals surface area (Å²) in [6.07, 6.45) is -4.14. The van der Waals surface area contributed by atoms with Gasteiger partial charge in [0, 0.05) is 23.2 Å². The number of hydrogen-bond acceptors (Lipinski definition) is 3. The van der Waals surface area contributed by atoms with Crippen molar-refractivity contribution in [1.82, 2.24) is 19.9 Å². The van der Waals surface area contributed by atoms with Crippen molar-refractivity contribution >= 4 is 22.5 Å². The minimum absolute atomic E-state index is 0.0360. The molecule has 0 fully saturated rings. The van der Waals surface area contributed by atoms with Gasteiger partial charge in [-0.05, 0) is 38.0 Å². The number of rotatable bonds is 4. The fourth-order valence-corrected chi connectivity index (χ4v) is 2.86. The first-order valence-corrected chi connectivity index (χ1v) is 7.83. The molecule has 0 radical (unpaired) electrons. The number of carbonyl (C=O) groups excluding carboxylic acids is 1. The quantitative estimate of drug-likeness (QED) is 0.787. The number of carbonyl (C=O) groups is 1. The van der Waals surface area contributed by atoms with E-state index < -0.39 is 18.6 Å². The lowest BCUT2D eigenvalue weighted by molar-refractivity contribution is -0.138. The lowest BCUT2D eigenvalue weighted by Gasteiger charge is -2.12. The molecule has 0 bridgehead atoms. The first-order chi connectivity index (χ1) is 11.8. The lowest BCUT2D eigenvalue weighted by atomic mass is 10.1. The Kier molecular flexibility index (Phi) is 4.36. The van der Waals surface area contributed by atoms with Crippen LogP contribution < -0.4 is 5.32 Å². The van der Waals surface area contributed by atoms with Crippen LogP contribution in [0.4, 0.5) is 13.2 Å². The SMILES string of the molecule is Cc1nc2c3ccccc3nn2c(C)c1CCC(=O)NCC(F)(F)F. The van der Waals surface area contributed by atoms with E-state index in [1.54, 1.807) is 4.52 Å². The van der Waals surface area contributed by atoms with E-state index in [9.17, 15) is 18.0 Å². The van der Waals surface area contributed by atoms with Crippen LogP contribution in [0.15, 0.2) is 24.3 Å². The minimum atomic E-state index is -4.41. The highest BCUT2D eigenvalue weighted by Gasteiger charge is 2.27. The van der Waals surface area contributed by atoms with Crippen LogP contribution in [0.1, 0.15) is 23.4 Å². The monoisotopic (exact) mass is 350 g/mol. The zero-order valence-corrected chi connectivity index (χ0v) is 13.8. The summed E-state index contributed by atoms with van der Waals surface area (Å²) in [5.74, 6) is -0.637. The van der Waals surface area contributed by atoms with Crippen molar-refractivity contribution in [2.75, 3.05) is 6.54 Å². The molecule has 0 aliphatic carbocycles. The number of aryl methyl sites for hydroxylation is 2. The van der Waals surface area contributed by atoms with E-state index >= 15 is 0 Å². The Morgan fingerprint density at radius 3 is 2.68 bits per heavy atom. The third-order valence-electron chi connectivity index (χ3n) is 4.11. The molecule has 1 N–H and O–H groups in total. The maximum absolute atomic E-state index is 12.1. The average Bonchev–Trinajstić information content (AvgIpc) is 2.91. The predicted octanol–water partition coefficient (Wildman–Crippen LogP) is 3.11. The number of nitrogens with zero attached hydrogens (tertiary/aromatic N) is 3. The van der Waals surface area contributed by atoms with Gasteiger partial charge in [0.15, 0.2) is 5.65 Å². The van der Waals surface area contributed by atoms with Gasteiger partial charge in [0.2, 0.25) is 5.91 Å². The van der Waals surface area contributed by atoms with Crippen LogP contribution in [0.3, 0.4) is 0 Å². The molecule has 0 saturated carbocycles. The molecular weight excluding hydrogens is 333 g/mol. The maximum Gasteiger partial charge on any atom is 0.405 e. The maximum atomic E-state index is 12.1. The van der Waals surface area contributed by atoms with Crippen molar-refractivity contribution in [1.29, 1.82) is 0 Å². The number of hydrogen-bond donors (Lipinski definition) is 1. The van der Waals surface area contributed by atoms with Crippen LogP contribution in [0.5, 0.6) is 0 Å². The van der Waals surface area contributed by atoms with Gasteiger partial charge in [-0.15, -0.1) is 0 Å². The van der Waals surface area contributed by atoms with Crippen LogP contribution in [-0.2, 0) is 11.2 Å². The van der Waals surface area contributed by atoms with Crippen LogP contribution in [0, 0.1) is 13.8 Å². The molecule has 0 spiro atoms. The number of nitrogens with one attached hydrogen (secondary N) is 1. The van der Waals surface area contributed by atoms with Gasteiger partial charge in [0.05, 0.1) is 5.52 Å². The van der Waals surface area contributed by atoms with Crippen LogP contribution in [0.25, 0.3) is 16.6 Å². The number of aromatic nitrogens is 3. The zero-order valence-electron chi connectivity index (χ0n) is 13.8. The Morgan fingerprint density at radius 2 is 1.96 bits per heavy atom. The summed E-state index contributed by atoms with van der Waals surface area (Å²) in [7, 11) is 0. The molecule has 2 aromatic heterocycles. The standard InChI is InChI=1S/C17H17F3N4O/c1-10-12(7-8-15(25)21-9-17(18,19)20)11(2)24-16(22-10)13-5-3-4-6-14(13)23-24/h3-6H,7-9H2,1-2H3,(H,21,25). The number of fused-ring (bicyclic) bond motifs is 3. The van der Waals surface area contributed by atoms with Crippen molar-refractivity contribution in [3.63, 3.8) is 0 Å². The van der Waals surface area contributed by atoms with Gasteiger partial charge in [-0.25, -0.2) is 9.50 Å². The Bertz CT molecular complexity index is 946. The minimum Gasteiger partial charge on any atom is -0.347 e. The predicted molar refractivity (Wildman–Crippen MR) is 87.4 cm³/mol. The van der Waals surface area contributed by atoms with E-state index in [2.05, 4.69) is 10.1 Å². The van der Waals surface area contributed by atoms with E-state index in [-0.39, 0.29) is 6.42 Å². The second-order valence-electron chi connectivity index (χ2n) is 5.91. The number of halogens is 3. The zero-order chi connectivity index (χ0) is 18.2. The van der Waals surface area contributed by atoms with E-state index in [0.29, 0.717) is 6.42 Å². The van der Waals surface area contributed by atoms with Crippen LogP contribution >= 0.6 is 0 Å². The second-order valence-corrected chi connectivity index (χ2v) is 5.91. The van der Waals surface area contributed by atoms with Crippen molar-refractivity contribution in [2.45, 2.75) is 32.9 Å². The highest BCUT2D eigenvalue weighted by atomic mass is 19.4. The Hall–Kier alpha value is -2.64. The summed E-state index contributed by atoms with van der Waals surface area (Å²) in [4.78, 5) is 16.2. The second kappa shape index (κ2) is 6.34. The summed E-state index contributed by atoms with van der Waals surface area (Å²) in [5.41, 5.74) is 3.96. The first kappa shape index (κ1) is 17.2. The molecule has 0 aliphatic heterocycles. The van der Waals surface area contributed by atoms with E-state index in [4.69, 9.17) is 0 Å². The molecule has 0 saturated heterocycles.